The Balaban J connectivity index is 0.000000164. The molecule has 9 aromatic heterocycles. The van der Waals surface area contributed by atoms with E-state index in [1.54, 1.807) is 18.6 Å². The van der Waals surface area contributed by atoms with Crippen LogP contribution in [0.3, 0.4) is 0 Å². The smallest absolute Gasteiger partial charge is 0.305 e. The second-order valence-electron chi connectivity index (χ2n) is 34.6. The van der Waals surface area contributed by atoms with Gasteiger partial charge in [0.05, 0.1) is 0 Å². The molecule has 0 saturated heterocycles. The van der Waals surface area contributed by atoms with Crippen molar-refractivity contribution >= 4 is 0 Å². The summed E-state index contributed by atoms with van der Waals surface area (Å²) in [5, 5.41) is 0. The third-order valence-corrected chi connectivity index (χ3v) is 23.7. The average molecular weight is 2630 g/mol. The molecule has 9 nitrogen and oxygen atoms in total. The van der Waals surface area contributed by atoms with Crippen LogP contribution >= 0.6 is 0 Å². The molecule has 0 fully saturated rings. The van der Waals surface area contributed by atoms with Gasteiger partial charge in [-0.15, -0.1) is 323 Å². The average Bonchev–Trinajstić information content (AvgIpc) is 1.75. The number of aromatic nitrogens is 9. The van der Waals surface area contributed by atoms with E-state index in [0.29, 0.717) is 5.92 Å². The molecule has 735 valence electrons. The van der Waals surface area contributed by atoms with Gasteiger partial charge in [0.15, 0.2) is 0 Å². The largest absolute Gasteiger partial charge is 3.00 e. The number of nitrogens with zero attached hydrogens (tertiary/aromatic N) is 9. The summed E-state index contributed by atoms with van der Waals surface area (Å²) in [5.41, 5.74) is 36.7. The Hall–Kier alpha value is -15.2. The van der Waals surface area contributed by atoms with Crippen LogP contribution in [0.25, 0.3) is 135 Å². The van der Waals surface area contributed by atoms with Crippen LogP contribution in [0, 0.1) is 74.4 Å². The van der Waals surface area contributed by atoms with Gasteiger partial charge in [-0.2, -0.15) is 0 Å². The summed E-state index contributed by atoms with van der Waals surface area (Å²) in [4.78, 5) is 40.7. The second-order valence-corrected chi connectivity index (χ2v) is 34.6. The minimum absolute atomic E-state index is 0. The summed E-state index contributed by atoms with van der Waals surface area (Å²) >= 11 is 0. The van der Waals surface area contributed by atoms with E-state index in [1.165, 1.54) is 72.3 Å². The van der Waals surface area contributed by atoms with Crippen LogP contribution in [0.5, 0.6) is 0 Å². The number of aryl methyl sites for hydroxylation is 8. The van der Waals surface area contributed by atoms with E-state index in [2.05, 4.69) is 258 Å². The predicted octanol–water partition coefficient (Wildman–Crippen LogP) is 31.7. The molecule has 0 bridgehead atoms. The van der Waals surface area contributed by atoms with Gasteiger partial charge in [0.25, 0.3) is 0 Å². The first-order chi connectivity index (χ1) is 71.1. The Morgan fingerprint density at radius 2 is 0.554 bits per heavy atom. The molecule has 0 unspecified atom stereocenters. The second kappa shape index (κ2) is 60.7. The maximum absolute atomic E-state index is 4.75. The Morgan fingerprint density at radius 1 is 0.209 bits per heavy atom. The van der Waals surface area contributed by atoms with E-state index in [1.807, 2.05) is 328 Å². The molecule has 0 N–H and O–H groups in total. The van der Waals surface area contributed by atoms with E-state index in [-0.39, 0.29) is 80.4 Å². The van der Waals surface area contributed by atoms with Crippen LogP contribution in [-0.4, -0.2) is 44.9 Å². The van der Waals surface area contributed by atoms with Crippen molar-refractivity contribution in [3.63, 3.8) is 0 Å². The molecule has 0 aliphatic rings. The monoisotopic (exact) mass is 2630 g/mol. The standard InChI is InChI=1S/C45H36N3.2C18H14N.C17H12N.C15H16N.2C11H8N.4Ir/c1-4-10-39(11-5-1)43-27-21-35(31-46-43)17-16-34-18-24-38(25-19-36-22-28-44(47-32-36)40-12-6-2-7-13-40)42(30-34)26-20-37-23-29-45(48-33-37)41-14-8-3-9-15-41;1-14-12-18(16-10-6-3-7-11-16)19-13-17(14)15-8-4-2-5-9-15;1-14-7-5-6-10-17(14)16-11-12-18(19-13-16)15-8-3-2-4-9-15;1-2-7-14(8-3-1)15-9-6-10-16(13-15)17-11-4-5-12-18-17;1-12(2)11-14-9-6-10-15(16-14)13-7-4-3-5-8-13;2*1-2-6-10(7-3-1)11-8-4-5-9-12-11;;;;/h1-10,12,14,18,21-24,27-33H,16-17,19-20,25-26H2;2-10,12-13H,1H3;2-8,10-13H,1H3;1-9,11-13H;3-7,9-10,12H,11H2,1-2H3;2*1-6,8-9H;;;;/q-3;6*-1;;;;+3. The molecule has 0 atom stereocenters. The van der Waals surface area contributed by atoms with Crippen LogP contribution < -0.4 is 0 Å². The van der Waals surface area contributed by atoms with Gasteiger partial charge in [-0.25, -0.2) is 0 Å². The summed E-state index contributed by atoms with van der Waals surface area (Å²) < 4.78 is 0. The van der Waals surface area contributed by atoms with Gasteiger partial charge in [-0.1, -0.05) is 220 Å². The molecule has 22 rings (SSSR count). The van der Waals surface area contributed by atoms with Crippen molar-refractivity contribution in [2.45, 2.75) is 72.6 Å². The van der Waals surface area contributed by atoms with Crippen molar-refractivity contribution in [1.82, 2.24) is 44.9 Å². The zero-order valence-electron chi connectivity index (χ0n) is 82.7. The molecule has 0 aliphatic heterocycles. The van der Waals surface area contributed by atoms with Gasteiger partial charge in [-0.05, 0) is 207 Å². The first-order valence-corrected chi connectivity index (χ1v) is 48.6. The zero-order chi connectivity index (χ0) is 98.6. The predicted molar refractivity (Wildman–Crippen MR) is 590 cm³/mol. The Labute approximate surface area is 927 Å². The van der Waals surface area contributed by atoms with Crippen LogP contribution in [0.15, 0.2) is 492 Å². The number of hydrogen-bond donors (Lipinski definition) is 0. The van der Waals surface area contributed by atoms with Crippen molar-refractivity contribution in [2.75, 3.05) is 0 Å². The molecule has 148 heavy (non-hydrogen) atoms. The van der Waals surface area contributed by atoms with Gasteiger partial charge >= 0.3 is 20.1 Å². The maximum Gasteiger partial charge on any atom is 3.00 e. The minimum atomic E-state index is 0. The van der Waals surface area contributed by atoms with Crippen molar-refractivity contribution in [2.24, 2.45) is 5.92 Å². The number of hydrogen-bond acceptors (Lipinski definition) is 9. The summed E-state index contributed by atoms with van der Waals surface area (Å²) in [6.45, 7) is 8.66. The van der Waals surface area contributed by atoms with Crippen LogP contribution in [-0.2, 0) is 125 Å². The molecule has 0 amide bonds. The molecule has 13 heteroatoms. The van der Waals surface area contributed by atoms with Gasteiger partial charge in [0, 0.05) is 121 Å². The molecule has 0 saturated carbocycles. The van der Waals surface area contributed by atoms with Gasteiger partial charge < -0.3 is 44.9 Å². The van der Waals surface area contributed by atoms with E-state index in [4.69, 9.17) is 15.0 Å². The Bertz CT molecular complexity index is 7320. The van der Waals surface area contributed by atoms with Crippen molar-refractivity contribution in [3.05, 3.63) is 597 Å². The summed E-state index contributed by atoms with van der Waals surface area (Å²) in [6.07, 6.45) is 22.0. The maximum atomic E-state index is 4.75. The first-order valence-electron chi connectivity index (χ1n) is 48.6. The third kappa shape index (κ3) is 34.5. The van der Waals surface area contributed by atoms with Crippen LogP contribution in [0.4, 0.5) is 0 Å². The molecule has 22 aromatic rings. The summed E-state index contributed by atoms with van der Waals surface area (Å²) in [6, 6.07) is 178. The molecule has 0 spiro atoms. The van der Waals surface area contributed by atoms with E-state index < -0.39 is 0 Å². The van der Waals surface area contributed by atoms with Gasteiger partial charge in [0.2, 0.25) is 0 Å². The fourth-order valence-electron chi connectivity index (χ4n) is 16.2. The summed E-state index contributed by atoms with van der Waals surface area (Å²) in [7, 11) is 0. The van der Waals surface area contributed by atoms with Crippen molar-refractivity contribution in [1.29, 1.82) is 0 Å². The molecule has 3 radical (unpaired) electrons. The Morgan fingerprint density at radius 3 is 0.946 bits per heavy atom. The number of benzene rings is 13. The molecular weight excluding hydrogens is 2520 g/mol. The number of pyridine rings is 9. The van der Waals surface area contributed by atoms with Crippen molar-refractivity contribution in [3.8, 4) is 135 Å². The Kier molecular flexibility index (Phi) is 45.7. The number of rotatable bonds is 23. The van der Waals surface area contributed by atoms with Gasteiger partial charge in [0.1, 0.15) is 0 Å². The van der Waals surface area contributed by atoms with E-state index >= 15 is 0 Å². The van der Waals surface area contributed by atoms with Crippen molar-refractivity contribution < 1.29 is 80.4 Å². The first kappa shape index (κ1) is 112. The third-order valence-electron chi connectivity index (χ3n) is 23.7. The molecular formula is C135H108Ir4N9-6. The van der Waals surface area contributed by atoms with E-state index in [0.717, 1.165) is 158 Å². The van der Waals surface area contributed by atoms with Crippen LogP contribution in [0.2, 0.25) is 0 Å². The van der Waals surface area contributed by atoms with E-state index in [9.17, 15) is 0 Å². The fourth-order valence-corrected chi connectivity index (χ4v) is 16.2. The van der Waals surface area contributed by atoms with Gasteiger partial charge in [-0.3, -0.25) is 0 Å². The quantitative estimate of drug-likeness (QED) is 0.0577. The van der Waals surface area contributed by atoms with Crippen LogP contribution in [0.1, 0.15) is 64.0 Å². The minimum Gasteiger partial charge on any atom is -0.305 e. The fraction of sp³-hybridized carbons (Fsp3) is 0.0889. The summed E-state index contributed by atoms with van der Waals surface area (Å²) in [5.74, 6) is 0.641. The normalized spacial score (nSPS) is 10.2. The molecule has 9 heterocycles. The SMILES string of the molecule is CC(C)Cc1cccc(-c2[c-]cccc2)n1.Cc1cc(-c2[c-]cccc2)ncc1-c1ccccc1.Cc1ccccc1-c1ccc(-c2[c-]cccc2)nc1.[Ir+3].[Ir].[Ir].[Ir].[c-]1ccc(-c2ccccc2)cc1-c1ccccn1.[c-]1ccccc1-c1ccc(CCc2ccc(CCc3ccc(-c4[c-]cccc4)nc3)c(CCc3ccc(-c4[c-]cccc4)nc3)c2)cn1.[c-]1ccccc1-c1ccccn1.[c-]1ccccc1-c1ccccn1. The zero-order valence-corrected chi connectivity index (χ0v) is 92.2. The molecule has 13 aromatic carbocycles. The topological polar surface area (TPSA) is 116 Å². The molecule has 0 aliphatic carbocycles.